The van der Waals surface area contributed by atoms with Gasteiger partial charge < -0.3 is 24.4 Å². The summed E-state index contributed by atoms with van der Waals surface area (Å²) in [4.78, 5) is 27.0. The molecule has 1 heterocycles. The van der Waals surface area contributed by atoms with Gasteiger partial charge in [-0.1, -0.05) is 19.9 Å². The molecular weight excluding hydrogens is 336 g/mol. The maximum atomic E-state index is 12.7. The van der Waals surface area contributed by atoms with E-state index in [2.05, 4.69) is 5.32 Å². The fourth-order valence-electron chi connectivity index (χ4n) is 2.89. The number of rotatable bonds is 7. The van der Waals surface area contributed by atoms with Crippen molar-refractivity contribution >= 4 is 11.8 Å². The Hall–Kier alpha value is -2.28. The third-order valence-electron chi connectivity index (χ3n) is 4.38. The smallest absolute Gasteiger partial charge is 0.245 e. The van der Waals surface area contributed by atoms with Crippen molar-refractivity contribution in [3.8, 4) is 11.5 Å². The third-order valence-corrected chi connectivity index (χ3v) is 4.38. The molecule has 1 saturated heterocycles. The number of ether oxygens (including phenoxy) is 3. The van der Waals surface area contributed by atoms with E-state index in [1.807, 2.05) is 19.9 Å². The minimum absolute atomic E-state index is 0.000279. The first kappa shape index (κ1) is 20.0. The molecule has 7 nitrogen and oxygen atoms in total. The van der Waals surface area contributed by atoms with Gasteiger partial charge in [-0.3, -0.25) is 9.59 Å². The van der Waals surface area contributed by atoms with E-state index in [1.54, 1.807) is 31.3 Å². The number of carbonyl (C=O) groups excluding carboxylic acids is 2. The minimum atomic E-state index is -0.541. The highest BCUT2D eigenvalue weighted by Crippen LogP contribution is 2.27. The molecule has 2 rings (SSSR count). The fourth-order valence-corrected chi connectivity index (χ4v) is 2.89. The van der Waals surface area contributed by atoms with Gasteiger partial charge in [0.15, 0.2) is 11.5 Å². The molecule has 0 unspecified atom stereocenters. The number of carbonyl (C=O) groups is 2. The molecule has 0 bridgehead atoms. The number of morpholine rings is 1. The second kappa shape index (κ2) is 9.43. The first-order chi connectivity index (χ1) is 12.5. The molecule has 1 aliphatic heterocycles. The summed E-state index contributed by atoms with van der Waals surface area (Å²) in [5.74, 6) is 0.933. The quantitative estimate of drug-likeness (QED) is 0.788. The average Bonchev–Trinajstić information content (AvgIpc) is 2.65. The van der Waals surface area contributed by atoms with Crippen molar-refractivity contribution < 1.29 is 23.8 Å². The van der Waals surface area contributed by atoms with Crippen molar-refractivity contribution in [2.45, 2.75) is 26.3 Å². The Balaban J connectivity index is 2.02. The molecule has 2 amide bonds. The van der Waals surface area contributed by atoms with Crippen LogP contribution in [0.3, 0.4) is 0 Å². The second-order valence-corrected chi connectivity index (χ2v) is 6.59. The van der Waals surface area contributed by atoms with Gasteiger partial charge in [0, 0.05) is 13.1 Å². The second-order valence-electron chi connectivity index (χ2n) is 6.59. The van der Waals surface area contributed by atoms with Crippen molar-refractivity contribution in [2.24, 2.45) is 5.92 Å². The molecule has 1 aromatic carbocycles. The van der Waals surface area contributed by atoms with Gasteiger partial charge in [0.05, 0.1) is 33.9 Å². The Kier molecular flexibility index (Phi) is 7.26. The van der Waals surface area contributed by atoms with Crippen molar-refractivity contribution in [2.75, 3.05) is 40.5 Å². The largest absolute Gasteiger partial charge is 0.493 e. The van der Waals surface area contributed by atoms with E-state index in [4.69, 9.17) is 14.2 Å². The van der Waals surface area contributed by atoms with Gasteiger partial charge >= 0.3 is 0 Å². The summed E-state index contributed by atoms with van der Waals surface area (Å²) >= 11 is 0. The SMILES string of the molecule is COc1ccc(CC(=O)N[C@H](C(=O)N2CCOCC2)C(C)C)cc1OC. The topological polar surface area (TPSA) is 77.1 Å². The van der Waals surface area contributed by atoms with Crippen molar-refractivity contribution in [1.82, 2.24) is 10.2 Å². The van der Waals surface area contributed by atoms with Gasteiger partial charge in [-0.25, -0.2) is 0 Å². The summed E-state index contributed by atoms with van der Waals surface area (Å²) in [5.41, 5.74) is 0.793. The van der Waals surface area contributed by atoms with Gasteiger partial charge in [0.2, 0.25) is 11.8 Å². The predicted octanol–water partition coefficient (Wildman–Crippen LogP) is 1.25. The van der Waals surface area contributed by atoms with E-state index in [9.17, 15) is 9.59 Å². The highest BCUT2D eigenvalue weighted by atomic mass is 16.5. The standard InChI is InChI=1S/C19H28N2O5/c1-13(2)18(19(23)21-7-9-26-10-8-21)20-17(22)12-14-5-6-15(24-3)16(11-14)25-4/h5-6,11,13,18H,7-10,12H2,1-4H3,(H,20,22)/t18-/m0/s1. The first-order valence-corrected chi connectivity index (χ1v) is 8.83. The van der Waals surface area contributed by atoms with Crippen LogP contribution in [0.1, 0.15) is 19.4 Å². The first-order valence-electron chi connectivity index (χ1n) is 8.83. The van der Waals surface area contributed by atoms with Crippen molar-refractivity contribution in [1.29, 1.82) is 0 Å². The number of methoxy groups -OCH3 is 2. The number of benzene rings is 1. The lowest BCUT2D eigenvalue weighted by Gasteiger charge is -2.32. The Bertz CT molecular complexity index is 626. The molecule has 144 valence electrons. The van der Waals surface area contributed by atoms with Gasteiger partial charge in [-0.15, -0.1) is 0 Å². The van der Waals surface area contributed by atoms with Gasteiger partial charge in [-0.05, 0) is 23.6 Å². The summed E-state index contributed by atoms with van der Waals surface area (Å²) in [6.07, 6.45) is 0.167. The number of nitrogens with zero attached hydrogens (tertiary/aromatic N) is 1. The van der Waals surface area contributed by atoms with Crippen LogP contribution in [0.2, 0.25) is 0 Å². The van der Waals surface area contributed by atoms with Crippen LogP contribution in [0.4, 0.5) is 0 Å². The Morgan fingerprint density at radius 1 is 1.15 bits per heavy atom. The van der Waals surface area contributed by atoms with E-state index in [1.165, 1.54) is 0 Å². The monoisotopic (exact) mass is 364 g/mol. The van der Waals surface area contributed by atoms with E-state index in [0.717, 1.165) is 5.56 Å². The molecule has 0 aliphatic carbocycles. The number of hydrogen-bond donors (Lipinski definition) is 1. The van der Waals surface area contributed by atoms with Gasteiger partial charge in [0.25, 0.3) is 0 Å². The minimum Gasteiger partial charge on any atom is -0.493 e. The van der Waals surface area contributed by atoms with E-state index in [-0.39, 0.29) is 24.2 Å². The lowest BCUT2D eigenvalue weighted by Crippen LogP contribution is -2.54. The molecule has 0 radical (unpaired) electrons. The van der Waals surface area contributed by atoms with Crippen molar-refractivity contribution in [3.63, 3.8) is 0 Å². The van der Waals surface area contributed by atoms with E-state index in [0.29, 0.717) is 37.8 Å². The van der Waals surface area contributed by atoms with Crippen LogP contribution in [0, 0.1) is 5.92 Å². The number of amides is 2. The molecule has 26 heavy (non-hydrogen) atoms. The summed E-state index contributed by atoms with van der Waals surface area (Å²) in [7, 11) is 3.12. The fraction of sp³-hybridized carbons (Fsp3) is 0.579. The van der Waals surface area contributed by atoms with Gasteiger partial charge in [-0.2, -0.15) is 0 Å². The Morgan fingerprint density at radius 3 is 2.38 bits per heavy atom. The van der Waals surface area contributed by atoms with Crippen LogP contribution < -0.4 is 14.8 Å². The zero-order valence-electron chi connectivity index (χ0n) is 15.9. The third kappa shape index (κ3) is 5.11. The maximum Gasteiger partial charge on any atom is 0.245 e. The average molecular weight is 364 g/mol. The van der Waals surface area contributed by atoms with E-state index >= 15 is 0 Å². The lowest BCUT2D eigenvalue weighted by atomic mass is 10.0. The summed E-state index contributed by atoms with van der Waals surface area (Å²) in [6, 6.07) is 4.81. The predicted molar refractivity (Wildman–Crippen MR) is 97.4 cm³/mol. The number of nitrogens with one attached hydrogen (secondary N) is 1. The molecular formula is C19H28N2O5. The number of hydrogen-bond acceptors (Lipinski definition) is 5. The summed E-state index contributed by atoms with van der Waals surface area (Å²) < 4.78 is 15.8. The van der Waals surface area contributed by atoms with Crippen LogP contribution >= 0.6 is 0 Å². The molecule has 1 atom stereocenters. The molecule has 1 fully saturated rings. The zero-order chi connectivity index (χ0) is 19.1. The lowest BCUT2D eigenvalue weighted by molar-refractivity contribution is -0.141. The summed E-state index contributed by atoms with van der Waals surface area (Å²) in [6.45, 7) is 6.06. The zero-order valence-corrected chi connectivity index (χ0v) is 15.9. The molecule has 7 heteroatoms. The molecule has 0 spiro atoms. The Labute approximate surface area is 154 Å². The molecule has 0 aromatic heterocycles. The molecule has 1 aliphatic rings. The Morgan fingerprint density at radius 2 is 1.81 bits per heavy atom. The van der Waals surface area contributed by atoms with Crippen LogP contribution in [0.15, 0.2) is 18.2 Å². The molecule has 0 saturated carbocycles. The van der Waals surface area contributed by atoms with E-state index < -0.39 is 6.04 Å². The molecule has 1 N–H and O–H groups in total. The highest BCUT2D eigenvalue weighted by molar-refractivity contribution is 5.88. The molecule has 1 aromatic rings. The maximum absolute atomic E-state index is 12.7. The van der Waals surface area contributed by atoms with Crippen molar-refractivity contribution in [3.05, 3.63) is 23.8 Å². The van der Waals surface area contributed by atoms with Crippen LogP contribution in [-0.4, -0.2) is 63.3 Å². The highest BCUT2D eigenvalue weighted by Gasteiger charge is 2.29. The van der Waals surface area contributed by atoms with Gasteiger partial charge in [0.1, 0.15) is 6.04 Å². The van der Waals surface area contributed by atoms with Crippen LogP contribution in [0.25, 0.3) is 0 Å². The summed E-state index contributed by atoms with van der Waals surface area (Å²) in [5, 5.41) is 2.89. The van der Waals surface area contributed by atoms with Crippen LogP contribution in [-0.2, 0) is 20.7 Å². The normalized spacial score (nSPS) is 15.5. The van der Waals surface area contributed by atoms with Crippen LogP contribution in [0.5, 0.6) is 11.5 Å².